The summed E-state index contributed by atoms with van der Waals surface area (Å²) in [7, 11) is 0. The molecule has 0 saturated heterocycles. The van der Waals surface area contributed by atoms with E-state index >= 15 is 0 Å². The number of hydrogen-bond acceptors (Lipinski definition) is 9. The molecule has 2 aliphatic rings. The zero-order valence-electron chi connectivity index (χ0n) is 22.0. The van der Waals surface area contributed by atoms with Crippen molar-refractivity contribution in [3.63, 3.8) is 0 Å². The molecule has 37 heavy (non-hydrogen) atoms. The van der Waals surface area contributed by atoms with Crippen molar-refractivity contribution in [1.29, 1.82) is 0 Å². The van der Waals surface area contributed by atoms with Crippen molar-refractivity contribution in [1.82, 2.24) is 10.3 Å². The topological polar surface area (TPSA) is 113 Å². The zero-order chi connectivity index (χ0) is 26.9. The number of nitrogens with one attached hydrogen (secondary N) is 1. The lowest BCUT2D eigenvalue weighted by atomic mass is 9.91. The summed E-state index contributed by atoms with van der Waals surface area (Å²) in [5.41, 5.74) is 4.91. The minimum atomic E-state index is -1.32. The van der Waals surface area contributed by atoms with E-state index in [1.54, 1.807) is 6.08 Å². The van der Waals surface area contributed by atoms with Crippen molar-refractivity contribution >= 4 is 34.2 Å². The number of pyridine rings is 1. The maximum Gasteiger partial charge on any atom is 0.352 e. The fourth-order valence-electron chi connectivity index (χ4n) is 4.61. The van der Waals surface area contributed by atoms with Crippen LogP contribution in [-0.4, -0.2) is 48.3 Å². The summed E-state index contributed by atoms with van der Waals surface area (Å²) in [5, 5.41) is 4.47. The molecule has 9 heteroatoms. The number of allylic oxidation sites excluding steroid dienone is 1. The maximum atomic E-state index is 12.5. The lowest BCUT2D eigenvalue weighted by molar-refractivity contribution is -0.164. The van der Waals surface area contributed by atoms with Crippen LogP contribution in [0.5, 0.6) is 11.5 Å². The minimum absolute atomic E-state index is 0.160. The molecule has 0 aliphatic carbocycles. The van der Waals surface area contributed by atoms with Gasteiger partial charge in [-0.2, -0.15) is 0 Å². The van der Waals surface area contributed by atoms with Crippen LogP contribution >= 0.6 is 0 Å². The van der Waals surface area contributed by atoms with E-state index < -0.39 is 18.0 Å². The molecule has 1 unspecified atom stereocenters. The Hall–Kier alpha value is -3.72. The second-order valence-electron chi connectivity index (χ2n) is 9.44. The average Bonchev–Trinajstić information content (AvgIpc) is 3.29. The molecule has 0 fully saturated rings. The number of cyclic esters (lactones) is 1. The number of carbonyl (C=O) groups excluding carboxylic acids is 3. The van der Waals surface area contributed by atoms with Gasteiger partial charge in [-0.05, 0) is 49.1 Å². The molecular formula is C28H32N2O7. The molecule has 9 nitrogen and oxygen atoms in total. The standard InChI is InChI=1S/C28H32N2O7/c1-7-18-21(11-29-14(2)3)19-9-24-25(36-13-35-24)10-23(19)30-26(18)15(4)8-20-22(16(5)31)12-34-28(33)27(20)37-17(6)32/h8-10,14,27,29H,7,11-13H2,1-6H3/b15-8+. The second-order valence-corrected chi connectivity index (χ2v) is 9.44. The first-order chi connectivity index (χ1) is 17.6. The van der Waals surface area contributed by atoms with Crippen molar-refractivity contribution in [3.05, 3.63) is 46.2 Å². The third-order valence-electron chi connectivity index (χ3n) is 6.40. The lowest BCUT2D eigenvalue weighted by Crippen LogP contribution is -2.36. The van der Waals surface area contributed by atoms with Gasteiger partial charge in [-0.25, -0.2) is 9.78 Å². The van der Waals surface area contributed by atoms with Gasteiger partial charge in [-0.1, -0.05) is 20.8 Å². The van der Waals surface area contributed by atoms with Crippen LogP contribution in [0.4, 0.5) is 0 Å². The largest absolute Gasteiger partial charge is 0.458 e. The molecule has 3 heterocycles. The second kappa shape index (κ2) is 10.7. The number of nitrogens with zero attached hydrogens (tertiary/aromatic N) is 1. The van der Waals surface area contributed by atoms with E-state index in [9.17, 15) is 14.4 Å². The van der Waals surface area contributed by atoms with Gasteiger partial charge >= 0.3 is 11.9 Å². The molecule has 0 radical (unpaired) electrons. The third-order valence-corrected chi connectivity index (χ3v) is 6.40. The fourth-order valence-corrected chi connectivity index (χ4v) is 4.61. The Balaban J connectivity index is 1.93. The molecule has 196 valence electrons. The predicted octanol–water partition coefficient (Wildman–Crippen LogP) is 3.80. The number of carbonyl (C=O) groups is 3. The van der Waals surface area contributed by atoms with E-state index in [2.05, 4.69) is 26.1 Å². The molecule has 1 N–H and O–H groups in total. The van der Waals surface area contributed by atoms with Crippen molar-refractivity contribution < 1.29 is 33.3 Å². The van der Waals surface area contributed by atoms with E-state index in [4.69, 9.17) is 23.9 Å². The number of rotatable bonds is 8. The van der Waals surface area contributed by atoms with E-state index in [0.717, 1.165) is 33.3 Å². The molecule has 1 aromatic heterocycles. The summed E-state index contributed by atoms with van der Waals surface area (Å²) in [6.07, 6.45) is 1.09. The van der Waals surface area contributed by atoms with Gasteiger partial charge in [0, 0.05) is 42.1 Å². The summed E-state index contributed by atoms with van der Waals surface area (Å²) >= 11 is 0. The fraction of sp³-hybridized carbons (Fsp3) is 0.429. The maximum absolute atomic E-state index is 12.5. The molecule has 1 atom stereocenters. The molecule has 2 aliphatic heterocycles. The van der Waals surface area contributed by atoms with E-state index in [1.165, 1.54) is 13.8 Å². The third kappa shape index (κ3) is 5.36. The number of fused-ring (bicyclic) bond motifs is 2. The Morgan fingerprint density at radius 3 is 2.46 bits per heavy atom. The lowest BCUT2D eigenvalue weighted by Gasteiger charge is -2.25. The minimum Gasteiger partial charge on any atom is -0.458 e. The molecule has 2 aromatic rings. The first-order valence-electron chi connectivity index (χ1n) is 12.4. The highest BCUT2D eigenvalue weighted by Crippen LogP contribution is 2.39. The summed E-state index contributed by atoms with van der Waals surface area (Å²) in [4.78, 5) is 41.7. The summed E-state index contributed by atoms with van der Waals surface area (Å²) < 4.78 is 21.6. The number of hydrogen-bond donors (Lipinski definition) is 1. The highest BCUT2D eigenvalue weighted by molar-refractivity contribution is 5.99. The molecule has 1 aromatic carbocycles. The van der Waals surface area contributed by atoms with Gasteiger partial charge in [-0.15, -0.1) is 0 Å². The highest BCUT2D eigenvalue weighted by atomic mass is 16.7. The molecule has 0 saturated carbocycles. The number of Topliss-reactive ketones (excluding diaryl/α,β-unsaturated/α-hetero) is 1. The normalized spacial score (nSPS) is 17.4. The van der Waals surface area contributed by atoms with Gasteiger partial charge in [-0.3, -0.25) is 9.59 Å². The van der Waals surface area contributed by atoms with E-state index in [0.29, 0.717) is 30.0 Å². The van der Waals surface area contributed by atoms with Crippen molar-refractivity contribution in [2.24, 2.45) is 0 Å². The SMILES string of the molecule is CCc1c(/C(C)=C/C2=C(C(C)=O)COC(=O)C2OC(C)=O)nc2cc3c(cc2c1CNC(C)C)OCO3. The number of benzene rings is 1. The Kier molecular flexibility index (Phi) is 7.63. The summed E-state index contributed by atoms with van der Waals surface area (Å²) in [5.74, 6) is -0.308. The number of aromatic nitrogens is 1. The smallest absolute Gasteiger partial charge is 0.352 e. The van der Waals surface area contributed by atoms with Crippen LogP contribution in [0.1, 0.15) is 58.4 Å². The number of esters is 2. The molecule has 0 bridgehead atoms. The summed E-state index contributed by atoms with van der Waals surface area (Å²) in [6.45, 7) is 11.3. The van der Waals surface area contributed by atoms with Crippen LogP contribution in [0.3, 0.4) is 0 Å². The monoisotopic (exact) mass is 508 g/mol. The van der Waals surface area contributed by atoms with Crippen LogP contribution in [0, 0.1) is 0 Å². The van der Waals surface area contributed by atoms with Crippen LogP contribution in [0.15, 0.2) is 29.4 Å². The van der Waals surface area contributed by atoms with Gasteiger partial charge in [0.25, 0.3) is 0 Å². The molecular weight excluding hydrogens is 476 g/mol. The zero-order valence-corrected chi connectivity index (χ0v) is 22.0. The Labute approximate surface area is 215 Å². The first kappa shape index (κ1) is 26.3. The van der Waals surface area contributed by atoms with Crippen LogP contribution in [0.25, 0.3) is 16.5 Å². The van der Waals surface area contributed by atoms with Crippen molar-refractivity contribution in [2.45, 2.75) is 66.7 Å². The Bertz CT molecular complexity index is 1340. The molecule has 0 spiro atoms. The van der Waals surface area contributed by atoms with Crippen molar-refractivity contribution in [3.8, 4) is 11.5 Å². The quantitative estimate of drug-likeness (QED) is 0.532. The number of ether oxygens (including phenoxy) is 4. The molecule has 4 rings (SSSR count). The Morgan fingerprint density at radius 1 is 1.14 bits per heavy atom. The highest BCUT2D eigenvalue weighted by Gasteiger charge is 2.35. The average molecular weight is 509 g/mol. The van der Waals surface area contributed by atoms with Crippen LogP contribution in [0.2, 0.25) is 0 Å². The van der Waals surface area contributed by atoms with Crippen LogP contribution in [-0.2, 0) is 36.8 Å². The van der Waals surface area contributed by atoms with Crippen LogP contribution < -0.4 is 14.8 Å². The molecule has 0 amide bonds. The van der Waals surface area contributed by atoms with Gasteiger partial charge in [0.1, 0.15) is 6.61 Å². The number of ketones is 1. The Morgan fingerprint density at radius 2 is 1.84 bits per heavy atom. The van der Waals surface area contributed by atoms with Gasteiger partial charge in [0.05, 0.1) is 11.2 Å². The summed E-state index contributed by atoms with van der Waals surface area (Å²) in [6, 6.07) is 4.10. The van der Waals surface area contributed by atoms with Gasteiger partial charge < -0.3 is 24.3 Å². The van der Waals surface area contributed by atoms with E-state index in [-0.39, 0.29) is 30.8 Å². The van der Waals surface area contributed by atoms with Gasteiger partial charge in [0.15, 0.2) is 17.3 Å². The first-order valence-corrected chi connectivity index (χ1v) is 12.4. The predicted molar refractivity (Wildman–Crippen MR) is 137 cm³/mol. The van der Waals surface area contributed by atoms with E-state index in [1.807, 2.05) is 19.1 Å². The van der Waals surface area contributed by atoms with Crippen molar-refractivity contribution in [2.75, 3.05) is 13.4 Å². The van der Waals surface area contributed by atoms with Gasteiger partial charge in [0.2, 0.25) is 12.9 Å².